The summed E-state index contributed by atoms with van der Waals surface area (Å²) in [6.07, 6.45) is 0. The van der Waals surface area contributed by atoms with Crippen LogP contribution in [-0.2, 0) is 21.4 Å². The van der Waals surface area contributed by atoms with Crippen LogP contribution in [0.15, 0.2) is 10.3 Å². The highest BCUT2D eigenvalue weighted by atomic mass is 32.2. The first-order chi connectivity index (χ1) is 9.34. The molecule has 20 heavy (non-hydrogen) atoms. The van der Waals surface area contributed by atoms with Gasteiger partial charge in [-0.3, -0.25) is 0 Å². The van der Waals surface area contributed by atoms with Crippen LogP contribution < -0.4 is 0 Å². The van der Waals surface area contributed by atoms with Crippen molar-refractivity contribution in [2.75, 3.05) is 26.8 Å². The number of methoxy groups -OCH3 is 1. The fourth-order valence-corrected chi connectivity index (χ4v) is 5.18. The van der Waals surface area contributed by atoms with E-state index in [1.165, 1.54) is 15.6 Å². The van der Waals surface area contributed by atoms with Crippen molar-refractivity contribution in [1.29, 1.82) is 0 Å². The molecule has 1 aromatic rings. The Bertz CT molecular complexity index is 522. The molecule has 0 aromatic carbocycles. The summed E-state index contributed by atoms with van der Waals surface area (Å²) in [6, 6.07) is 0. The van der Waals surface area contributed by atoms with E-state index in [2.05, 4.69) is 0 Å². The summed E-state index contributed by atoms with van der Waals surface area (Å²) in [7, 11) is -2.04. The Balaban J connectivity index is 3.17. The van der Waals surface area contributed by atoms with Crippen molar-refractivity contribution in [3.63, 3.8) is 0 Å². The molecule has 0 bridgehead atoms. The lowest BCUT2D eigenvalue weighted by Gasteiger charge is -2.24. The Morgan fingerprint density at radius 3 is 2.60 bits per heavy atom. The fraction of sp³-hybridized carbons (Fsp3) is 0.692. The lowest BCUT2D eigenvalue weighted by molar-refractivity contribution is 0.175. The molecule has 0 atom stereocenters. The highest BCUT2D eigenvalue weighted by Crippen LogP contribution is 2.29. The average Bonchev–Trinajstić information content (AvgIpc) is 2.75. The Labute approximate surface area is 125 Å². The first-order valence-electron chi connectivity index (χ1n) is 6.51. The van der Waals surface area contributed by atoms with Gasteiger partial charge in [-0.05, 0) is 23.8 Å². The van der Waals surface area contributed by atoms with Gasteiger partial charge in [0.05, 0.1) is 18.1 Å². The average molecular weight is 321 g/mol. The number of aliphatic hydroxyl groups excluding tert-OH is 1. The van der Waals surface area contributed by atoms with E-state index < -0.39 is 10.0 Å². The quantitative estimate of drug-likeness (QED) is 0.793. The highest BCUT2D eigenvalue weighted by Gasteiger charge is 2.29. The number of ether oxygens (including phenoxy) is 1. The van der Waals surface area contributed by atoms with Gasteiger partial charge in [0.2, 0.25) is 10.0 Å². The van der Waals surface area contributed by atoms with E-state index in [1.54, 1.807) is 19.4 Å². The number of nitrogens with zero attached hydrogens (tertiary/aromatic N) is 1. The van der Waals surface area contributed by atoms with Crippen LogP contribution in [-0.4, -0.2) is 44.6 Å². The third kappa shape index (κ3) is 4.02. The summed E-state index contributed by atoms with van der Waals surface area (Å²) in [4.78, 5) is 0.746. The largest absolute Gasteiger partial charge is 0.391 e. The van der Waals surface area contributed by atoms with Crippen molar-refractivity contribution in [3.8, 4) is 0 Å². The molecule has 116 valence electrons. The number of sulfonamides is 1. The number of hydrogen-bond acceptors (Lipinski definition) is 5. The van der Waals surface area contributed by atoms with E-state index in [1.807, 2.05) is 13.8 Å². The minimum absolute atomic E-state index is 0.221. The topological polar surface area (TPSA) is 66.8 Å². The van der Waals surface area contributed by atoms with E-state index in [0.717, 1.165) is 0 Å². The summed E-state index contributed by atoms with van der Waals surface area (Å²) >= 11 is 1.28. The molecule has 0 saturated carbocycles. The molecule has 1 heterocycles. The number of rotatable bonds is 8. The van der Waals surface area contributed by atoms with Gasteiger partial charge < -0.3 is 9.84 Å². The van der Waals surface area contributed by atoms with Gasteiger partial charge in [-0.25, -0.2) is 8.42 Å². The Morgan fingerprint density at radius 1 is 1.45 bits per heavy atom. The molecule has 0 unspecified atom stereocenters. The molecule has 7 heteroatoms. The van der Waals surface area contributed by atoms with Gasteiger partial charge in [-0.2, -0.15) is 4.31 Å². The first kappa shape index (κ1) is 17.6. The monoisotopic (exact) mass is 321 g/mol. The minimum Gasteiger partial charge on any atom is -0.391 e. The van der Waals surface area contributed by atoms with Crippen molar-refractivity contribution in [1.82, 2.24) is 4.31 Å². The zero-order valence-electron chi connectivity index (χ0n) is 12.4. The number of aryl methyl sites for hydroxylation is 1. The number of hydrogen-bond donors (Lipinski definition) is 1. The molecular formula is C13H23NO4S2. The second kappa shape index (κ2) is 7.51. The Hall–Kier alpha value is -0.470. The summed E-state index contributed by atoms with van der Waals surface area (Å²) < 4.78 is 32.0. The maximum atomic E-state index is 12.8. The minimum atomic E-state index is -3.59. The normalized spacial score (nSPS) is 12.6. The van der Waals surface area contributed by atoms with Crippen LogP contribution in [0.25, 0.3) is 0 Å². The molecule has 0 fully saturated rings. The molecule has 1 aromatic heterocycles. The van der Waals surface area contributed by atoms with Gasteiger partial charge in [-0.15, -0.1) is 11.3 Å². The van der Waals surface area contributed by atoms with Crippen molar-refractivity contribution < 1.29 is 18.3 Å². The molecule has 0 saturated heterocycles. The van der Waals surface area contributed by atoms with Crippen LogP contribution in [0, 0.1) is 12.8 Å². The smallest absolute Gasteiger partial charge is 0.244 e. The van der Waals surface area contributed by atoms with Gasteiger partial charge >= 0.3 is 0 Å². The third-order valence-corrected chi connectivity index (χ3v) is 6.16. The predicted molar refractivity (Wildman–Crippen MR) is 80.5 cm³/mol. The maximum Gasteiger partial charge on any atom is 0.244 e. The molecule has 0 amide bonds. The maximum absolute atomic E-state index is 12.8. The second-order valence-electron chi connectivity index (χ2n) is 5.08. The van der Waals surface area contributed by atoms with Crippen LogP contribution in [0.4, 0.5) is 0 Å². The summed E-state index contributed by atoms with van der Waals surface area (Å²) in [6.45, 7) is 6.55. The van der Waals surface area contributed by atoms with Crippen molar-refractivity contribution in [2.45, 2.75) is 32.3 Å². The van der Waals surface area contributed by atoms with Crippen LogP contribution in [0.5, 0.6) is 0 Å². The molecular weight excluding hydrogens is 298 g/mol. The van der Waals surface area contributed by atoms with Crippen LogP contribution in [0.3, 0.4) is 0 Å². The van der Waals surface area contributed by atoms with Gasteiger partial charge in [0.15, 0.2) is 0 Å². The van der Waals surface area contributed by atoms with E-state index >= 15 is 0 Å². The molecule has 1 rings (SSSR count). The highest BCUT2D eigenvalue weighted by molar-refractivity contribution is 7.89. The van der Waals surface area contributed by atoms with E-state index in [-0.39, 0.29) is 17.4 Å². The predicted octanol–water partition coefficient (Wildman–Crippen LogP) is 1.84. The second-order valence-corrected chi connectivity index (χ2v) is 7.92. The van der Waals surface area contributed by atoms with Gasteiger partial charge in [0.1, 0.15) is 4.90 Å². The van der Waals surface area contributed by atoms with E-state index in [0.29, 0.717) is 30.1 Å². The first-order valence-corrected chi connectivity index (χ1v) is 8.83. The zero-order chi connectivity index (χ0) is 15.3. The van der Waals surface area contributed by atoms with Crippen LogP contribution in [0.2, 0.25) is 0 Å². The SMILES string of the molecule is COCCN(CC(C)C)S(=O)(=O)c1c(C)csc1CO. The van der Waals surface area contributed by atoms with Gasteiger partial charge in [-0.1, -0.05) is 13.8 Å². The van der Waals surface area contributed by atoms with Crippen LogP contribution in [0.1, 0.15) is 24.3 Å². The number of thiophene rings is 1. The van der Waals surface area contributed by atoms with Gasteiger partial charge in [0.25, 0.3) is 0 Å². The summed E-state index contributed by atoms with van der Waals surface area (Å²) in [5, 5.41) is 11.1. The summed E-state index contributed by atoms with van der Waals surface area (Å²) in [5.74, 6) is 0.221. The fourth-order valence-electron chi connectivity index (χ4n) is 1.98. The molecule has 0 spiro atoms. The molecule has 0 aliphatic carbocycles. The Kier molecular flexibility index (Phi) is 6.60. The standard InChI is InChI=1S/C13H23NO4S2/c1-10(2)7-14(5-6-18-4)20(16,17)13-11(3)9-19-12(13)8-15/h9-10,15H,5-8H2,1-4H3. The zero-order valence-corrected chi connectivity index (χ0v) is 14.1. The van der Waals surface area contributed by atoms with E-state index in [4.69, 9.17) is 4.74 Å². The van der Waals surface area contributed by atoms with Crippen molar-refractivity contribution >= 4 is 21.4 Å². The van der Waals surface area contributed by atoms with Crippen LogP contribution >= 0.6 is 11.3 Å². The molecule has 5 nitrogen and oxygen atoms in total. The molecule has 0 aliphatic rings. The van der Waals surface area contributed by atoms with Gasteiger partial charge in [0, 0.05) is 20.2 Å². The lowest BCUT2D eigenvalue weighted by atomic mass is 10.2. The third-order valence-electron chi connectivity index (χ3n) is 2.84. The summed E-state index contributed by atoms with van der Waals surface area (Å²) in [5.41, 5.74) is 0.685. The Morgan fingerprint density at radius 2 is 2.10 bits per heavy atom. The number of aliphatic hydroxyl groups is 1. The molecule has 1 N–H and O–H groups in total. The molecule has 0 radical (unpaired) electrons. The lowest BCUT2D eigenvalue weighted by Crippen LogP contribution is -2.37. The van der Waals surface area contributed by atoms with Crippen molar-refractivity contribution in [3.05, 3.63) is 15.8 Å². The van der Waals surface area contributed by atoms with Crippen molar-refractivity contribution in [2.24, 2.45) is 5.92 Å². The van der Waals surface area contributed by atoms with E-state index in [9.17, 15) is 13.5 Å². The molecule has 0 aliphatic heterocycles.